The van der Waals surface area contributed by atoms with Crippen LogP contribution in [0.2, 0.25) is 0 Å². The Labute approximate surface area is 164 Å². The van der Waals surface area contributed by atoms with Crippen molar-refractivity contribution in [1.29, 1.82) is 0 Å². The van der Waals surface area contributed by atoms with Gasteiger partial charge in [0.2, 0.25) is 0 Å². The lowest BCUT2D eigenvalue weighted by molar-refractivity contribution is 0.102. The fraction of sp³-hybridized carbons (Fsp3) is 0.143. The third-order valence-electron chi connectivity index (χ3n) is 4.19. The smallest absolute Gasteiger partial charge is 0.261 e. The lowest BCUT2D eigenvalue weighted by Gasteiger charge is -2.11. The summed E-state index contributed by atoms with van der Waals surface area (Å²) in [6.45, 7) is 4.16. The minimum atomic E-state index is -3.71. The van der Waals surface area contributed by atoms with Crippen LogP contribution >= 0.6 is 0 Å². The second-order valence-corrected chi connectivity index (χ2v) is 8.28. The summed E-state index contributed by atoms with van der Waals surface area (Å²) in [5, 5.41) is 2.72. The van der Waals surface area contributed by atoms with E-state index in [0.717, 1.165) is 5.56 Å². The van der Waals surface area contributed by atoms with E-state index in [1.807, 2.05) is 12.1 Å². The number of amides is 1. The zero-order valence-corrected chi connectivity index (χ0v) is 16.4. The second-order valence-electron chi connectivity index (χ2n) is 6.60. The van der Waals surface area contributed by atoms with Gasteiger partial charge < -0.3 is 5.32 Å². The van der Waals surface area contributed by atoms with Gasteiger partial charge in [0.15, 0.2) is 0 Å². The van der Waals surface area contributed by atoms with Gasteiger partial charge in [0.25, 0.3) is 15.9 Å². The number of nitrogens with zero attached hydrogens (tertiary/aromatic N) is 1. The monoisotopic (exact) mass is 395 g/mol. The van der Waals surface area contributed by atoms with E-state index in [9.17, 15) is 13.2 Å². The Hall–Kier alpha value is -3.19. The van der Waals surface area contributed by atoms with E-state index in [4.69, 9.17) is 0 Å². The molecular weight excluding hydrogens is 374 g/mol. The molecule has 144 valence electrons. The highest BCUT2D eigenvalue weighted by atomic mass is 32.2. The first-order valence-corrected chi connectivity index (χ1v) is 10.3. The van der Waals surface area contributed by atoms with E-state index in [1.165, 1.54) is 24.5 Å². The summed E-state index contributed by atoms with van der Waals surface area (Å²) in [5.74, 6) is 0.0851. The van der Waals surface area contributed by atoms with Crippen LogP contribution in [0.1, 0.15) is 35.7 Å². The van der Waals surface area contributed by atoms with Gasteiger partial charge in [-0.25, -0.2) is 8.42 Å². The highest BCUT2D eigenvalue weighted by molar-refractivity contribution is 7.92. The summed E-state index contributed by atoms with van der Waals surface area (Å²) in [6, 6.07) is 16.5. The average Bonchev–Trinajstić information content (AvgIpc) is 2.69. The number of pyridine rings is 1. The molecule has 0 bridgehead atoms. The molecule has 0 fully saturated rings. The second kappa shape index (κ2) is 8.22. The standard InChI is InChI=1S/C21H21N3O3S/c1-15(2)16-3-5-19(6-4-16)24-28(26,27)20-9-7-18(8-10-20)23-21(25)17-11-13-22-14-12-17/h3-15,24H,1-2H3,(H,23,25). The number of rotatable bonds is 6. The van der Waals surface area contributed by atoms with Gasteiger partial charge in [0, 0.05) is 29.3 Å². The van der Waals surface area contributed by atoms with Crippen molar-refractivity contribution in [2.24, 2.45) is 0 Å². The van der Waals surface area contributed by atoms with Crippen molar-refractivity contribution in [3.8, 4) is 0 Å². The van der Waals surface area contributed by atoms with E-state index in [2.05, 4.69) is 28.9 Å². The predicted octanol–water partition coefficient (Wildman–Crippen LogP) is 4.26. The van der Waals surface area contributed by atoms with Crippen molar-refractivity contribution < 1.29 is 13.2 Å². The highest BCUT2D eigenvalue weighted by Crippen LogP contribution is 2.21. The molecule has 0 spiro atoms. The minimum absolute atomic E-state index is 0.113. The molecule has 2 N–H and O–H groups in total. The quantitative estimate of drug-likeness (QED) is 0.653. The van der Waals surface area contributed by atoms with Crippen molar-refractivity contribution in [3.63, 3.8) is 0 Å². The number of hydrogen-bond donors (Lipinski definition) is 2. The first kappa shape index (κ1) is 19.6. The summed E-state index contributed by atoms with van der Waals surface area (Å²) < 4.78 is 27.7. The Bertz CT molecular complexity index is 1050. The van der Waals surface area contributed by atoms with Gasteiger partial charge >= 0.3 is 0 Å². The molecule has 0 aliphatic rings. The van der Waals surface area contributed by atoms with Gasteiger partial charge in [-0.1, -0.05) is 26.0 Å². The maximum Gasteiger partial charge on any atom is 0.261 e. The first-order chi connectivity index (χ1) is 13.3. The van der Waals surface area contributed by atoms with E-state index >= 15 is 0 Å². The molecular formula is C21H21N3O3S. The third kappa shape index (κ3) is 4.75. The Morgan fingerprint density at radius 1 is 0.857 bits per heavy atom. The molecule has 6 nitrogen and oxygen atoms in total. The van der Waals surface area contributed by atoms with Crippen LogP contribution in [-0.2, 0) is 10.0 Å². The lowest BCUT2D eigenvalue weighted by Crippen LogP contribution is -2.14. The topological polar surface area (TPSA) is 88.2 Å². The normalized spacial score (nSPS) is 11.2. The van der Waals surface area contributed by atoms with Crippen LogP contribution in [0.4, 0.5) is 11.4 Å². The Morgan fingerprint density at radius 2 is 1.43 bits per heavy atom. The molecule has 0 aliphatic carbocycles. The number of anilines is 2. The van der Waals surface area contributed by atoms with Gasteiger partial charge in [-0.05, 0) is 60.0 Å². The maximum absolute atomic E-state index is 12.6. The number of hydrogen-bond acceptors (Lipinski definition) is 4. The molecule has 0 saturated heterocycles. The first-order valence-electron chi connectivity index (χ1n) is 8.79. The maximum atomic E-state index is 12.6. The molecule has 1 amide bonds. The number of carbonyl (C=O) groups is 1. The molecule has 1 aromatic heterocycles. The van der Waals surface area contributed by atoms with Crippen LogP contribution in [0.25, 0.3) is 0 Å². The van der Waals surface area contributed by atoms with Crippen molar-refractivity contribution in [3.05, 3.63) is 84.2 Å². The molecule has 7 heteroatoms. The van der Waals surface area contributed by atoms with E-state index < -0.39 is 10.0 Å². The van der Waals surface area contributed by atoms with Crippen LogP contribution in [0.5, 0.6) is 0 Å². The lowest BCUT2D eigenvalue weighted by atomic mass is 10.0. The van der Waals surface area contributed by atoms with Crippen molar-refractivity contribution in [1.82, 2.24) is 4.98 Å². The van der Waals surface area contributed by atoms with Gasteiger partial charge in [0.1, 0.15) is 0 Å². The fourth-order valence-electron chi connectivity index (χ4n) is 2.57. The molecule has 0 radical (unpaired) electrons. The summed E-state index contributed by atoms with van der Waals surface area (Å²) in [6.07, 6.45) is 3.06. The molecule has 0 unspecified atom stereocenters. The van der Waals surface area contributed by atoms with Crippen LogP contribution < -0.4 is 10.0 Å². The van der Waals surface area contributed by atoms with Gasteiger partial charge in [-0.2, -0.15) is 0 Å². The zero-order valence-electron chi connectivity index (χ0n) is 15.6. The van der Waals surface area contributed by atoms with E-state index in [0.29, 0.717) is 22.9 Å². The number of carbonyl (C=O) groups excluding carboxylic acids is 1. The number of sulfonamides is 1. The molecule has 0 atom stereocenters. The number of benzene rings is 2. The summed E-state index contributed by atoms with van der Waals surface area (Å²) in [5.41, 5.74) is 2.61. The van der Waals surface area contributed by atoms with Gasteiger partial charge in [0.05, 0.1) is 4.90 Å². The largest absolute Gasteiger partial charge is 0.322 e. The van der Waals surface area contributed by atoms with E-state index in [1.54, 1.807) is 36.4 Å². The van der Waals surface area contributed by atoms with E-state index in [-0.39, 0.29) is 10.8 Å². The Morgan fingerprint density at radius 3 is 2.00 bits per heavy atom. The highest BCUT2D eigenvalue weighted by Gasteiger charge is 2.15. The van der Waals surface area contributed by atoms with Crippen molar-refractivity contribution in [2.45, 2.75) is 24.7 Å². The number of aromatic nitrogens is 1. The summed E-state index contributed by atoms with van der Waals surface area (Å²) in [7, 11) is -3.71. The minimum Gasteiger partial charge on any atom is -0.322 e. The van der Waals surface area contributed by atoms with Crippen molar-refractivity contribution >= 4 is 27.3 Å². The SMILES string of the molecule is CC(C)c1ccc(NS(=O)(=O)c2ccc(NC(=O)c3ccncc3)cc2)cc1. The molecule has 28 heavy (non-hydrogen) atoms. The summed E-state index contributed by atoms with van der Waals surface area (Å²) in [4.78, 5) is 16.1. The Kier molecular flexibility index (Phi) is 5.75. The Balaban J connectivity index is 1.70. The number of nitrogens with one attached hydrogen (secondary N) is 2. The zero-order chi connectivity index (χ0) is 20.1. The average molecular weight is 395 g/mol. The summed E-state index contributed by atoms with van der Waals surface area (Å²) >= 11 is 0. The van der Waals surface area contributed by atoms with Crippen LogP contribution in [0, 0.1) is 0 Å². The predicted molar refractivity (Wildman–Crippen MR) is 110 cm³/mol. The van der Waals surface area contributed by atoms with Crippen molar-refractivity contribution in [2.75, 3.05) is 10.0 Å². The third-order valence-corrected chi connectivity index (χ3v) is 5.59. The molecule has 3 aromatic rings. The molecule has 1 heterocycles. The van der Waals surface area contributed by atoms with Crippen LogP contribution in [0.15, 0.2) is 78.0 Å². The molecule has 0 aliphatic heterocycles. The van der Waals surface area contributed by atoms with Gasteiger partial charge in [-0.15, -0.1) is 0 Å². The van der Waals surface area contributed by atoms with Crippen LogP contribution in [0.3, 0.4) is 0 Å². The molecule has 2 aromatic carbocycles. The van der Waals surface area contributed by atoms with Gasteiger partial charge in [-0.3, -0.25) is 14.5 Å². The molecule has 3 rings (SSSR count). The fourth-order valence-corrected chi connectivity index (χ4v) is 3.63. The van der Waals surface area contributed by atoms with Crippen LogP contribution in [-0.4, -0.2) is 19.3 Å². The molecule has 0 saturated carbocycles.